The van der Waals surface area contributed by atoms with E-state index in [1.54, 1.807) is 0 Å². The molecule has 0 aromatic heterocycles. The van der Waals surface area contributed by atoms with E-state index in [1.165, 1.54) is 5.56 Å². The molecule has 1 aromatic rings. The SMILES string of the molecule is CC(C)(C)CC(O)C1(C#N)CCCc2ccccc21. The van der Waals surface area contributed by atoms with Crippen molar-refractivity contribution < 1.29 is 5.11 Å². The van der Waals surface area contributed by atoms with Crippen molar-refractivity contribution >= 4 is 0 Å². The molecule has 2 nitrogen and oxygen atoms in total. The topological polar surface area (TPSA) is 44.0 Å². The van der Waals surface area contributed by atoms with Gasteiger partial charge in [-0.3, -0.25) is 0 Å². The van der Waals surface area contributed by atoms with Gasteiger partial charge in [-0.1, -0.05) is 45.0 Å². The lowest BCUT2D eigenvalue weighted by atomic mass is 9.65. The molecule has 1 aliphatic rings. The summed E-state index contributed by atoms with van der Waals surface area (Å²) in [6.45, 7) is 6.32. The fraction of sp³-hybridized carbons (Fsp3) is 0.588. The Hall–Kier alpha value is -1.33. The molecule has 2 atom stereocenters. The average molecular weight is 257 g/mol. The normalized spacial score (nSPS) is 24.4. The van der Waals surface area contributed by atoms with Crippen LogP contribution in [0.5, 0.6) is 0 Å². The van der Waals surface area contributed by atoms with E-state index < -0.39 is 11.5 Å². The first kappa shape index (κ1) is 14.1. The summed E-state index contributed by atoms with van der Waals surface area (Å²) in [7, 11) is 0. The van der Waals surface area contributed by atoms with Crippen molar-refractivity contribution in [3.8, 4) is 6.07 Å². The predicted molar refractivity (Wildman–Crippen MR) is 76.7 cm³/mol. The zero-order valence-electron chi connectivity index (χ0n) is 12.1. The van der Waals surface area contributed by atoms with E-state index in [4.69, 9.17) is 0 Å². The molecule has 0 radical (unpaired) electrons. The van der Waals surface area contributed by atoms with Crippen LogP contribution in [0.15, 0.2) is 24.3 Å². The Bertz CT molecular complexity index is 495. The molecule has 2 heteroatoms. The summed E-state index contributed by atoms with van der Waals surface area (Å²) in [4.78, 5) is 0. The van der Waals surface area contributed by atoms with Gasteiger partial charge in [-0.25, -0.2) is 0 Å². The lowest BCUT2D eigenvalue weighted by Gasteiger charge is -2.39. The molecule has 102 valence electrons. The number of aliphatic hydroxyl groups is 1. The van der Waals surface area contributed by atoms with Gasteiger partial charge in [0.25, 0.3) is 0 Å². The molecule has 0 bridgehead atoms. The molecule has 0 saturated heterocycles. The lowest BCUT2D eigenvalue weighted by Crippen LogP contribution is -2.43. The second kappa shape index (κ2) is 4.98. The number of nitriles is 1. The summed E-state index contributed by atoms with van der Waals surface area (Å²) < 4.78 is 0. The van der Waals surface area contributed by atoms with Crippen LogP contribution in [0.4, 0.5) is 0 Å². The fourth-order valence-electron chi connectivity index (χ4n) is 3.16. The molecule has 2 unspecified atom stereocenters. The molecular weight excluding hydrogens is 234 g/mol. The van der Waals surface area contributed by atoms with Crippen molar-refractivity contribution in [3.05, 3.63) is 35.4 Å². The largest absolute Gasteiger partial charge is 0.391 e. The van der Waals surface area contributed by atoms with E-state index in [0.717, 1.165) is 24.8 Å². The standard InChI is InChI=1S/C17H23NO/c1-16(2,3)11-15(19)17(12-18)10-6-8-13-7-4-5-9-14(13)17/h4-5,7,9,15,19H,6,8,10-11H2,1-3H3. The lowest BCUT2D eigenvalue weighted by molar-refractivity contribution is 0.0597. The Morgan fingerprint density at radius 1 is 1.37 bits per heavy atom. The van der Waals surface area contributed by atoms with Crippen LogP contribution in [-0.4, -0.2) is 11.2 Å². The number of rotatable bonds is 2. The van der Waals surface area contributed by atoms with Crippen molar-refractivity contribution in [2.24, 2.45) is 5.41 Å². The summed E-state index contributed by atoms with van der Waals surface area (Å²) in [5, 5.41) is 20.4. The smallest absolute Gasteiger partial charge is 0.108 e. The minimum absolute atomic E-state index is 0.0235. The summed E-state index contributed by atoms with van der Waals surface area (Å²) in [6, 6.07) is 10.5. The number of aryl methyl sites for hydroxylation is 1. The number of aliphatic hydroxyl groups excluding tert-OH is 1. The number of nitrogens with zero attached hydrogens (tertiary/aromatic N) is 1. The molecule has 0 spiro atoms. The molecule has 0 saturated carbocycles. The van der Waals surface area contributed by atoms with E-state index in [2.05, 4.69) is 32.9 Å². The number of benzene rings is 1. The molecule has 1 aromatic carbocycles. The maximum Gasteiger partial charge on any atom is 0.108 e. The number of fused-ring (bicyclic) bond motifs is 1. The van der Waals surface area contributed by atoms with Crippen molar-refractivity contribution in [2.45, 2.75) is 58.0 Å². The zero-order valence-corrected chi connectivity index (χ0v) is 12.1. The number of hydrogen-bond donors (Lipinski definition) is 1. The van der Waals surface area contributed by atoms with Crippen molar-refractivity contribution in [2.75, 3.05) is 0 Å². The minimum Gasteiger partial charge on any atom is -0.391 e. The Morgan fingerprint density at radius 2 is 2.05 bits per heavy atom. The van der Waals surface area contributed by atoms with Crippen LogP contribution in [0.2, 0.25) is 0 Å². The van der Waals surface area contributed by atoms with Crippen LogP contribution in [0.1, 0.15) is 51.2 Å². The van der Waals surface area contributed by atoms with Crippen molar-refractivity contribution in [1.29, 1.82) is 5.26 Å². The van der Waals surface area contributed by atoms with Gasteiger partial charge >= 0.3 is 0 Å². The molecule has 1 N–H and O–H groups in total. The molecule has 0 fully saturated rings. The molecule has 2 rings (SSSR count). The highest BCUT2D eigenvalue weighted by atomic mass is 16.3. The summed E-state index contributed by atoms with van der Waals surface area (Å²) in [5.74, 6) is 0. The number of hydrogen-bond acceptors (Lipinski definition) is 2. The molecule has 19 heavy (non-hydrogen) atoms. The minimum atomic E-state index is -0.720. The van der Waals surface area contributed by atoms with Crippen LogP contribution in [0.25, 0.3) is 0 Å². The highest BCUT2D eigenvalue weighted by Gasteiger charge is 2.44. The van der Waals surface area contributed by atoms with Crippen LogP contribution in [-0.2, 0) is 11.8 Å². The van der Waals surface area contributed by atoms with Gasteiger partial charge in [-0.05, 0) is 42.2 Å². The third kappa shape index (κ3) is 2.67. The quantitative estimate of drug-likeness (QED) is 0.880. The first-order valence-corrected chi connectivity index (χ1v) is 7.07. The highest BCUT2D eigenvalue weighted by molar-refractivity contribution is 5.43. The Balaban J connectivity index is 2.42. The molecular formula is C17H23NO. The van der Waals surface area contributed by atoms with E-state index in [9.17, 15) is 10.4 Å². The van der Waals surface area contributed by atoms with Gasteiger partial charge in [-0.15, -0.1) is 0 Å². The summed E-state index contributed by atoms with van der Waals surface area (Å²) in [5.41, 5.74) is 1.57. The first-order valence-electron chi connectivity index (χ1n) is 7.07. The van der Waals surface area contributed by atoms with Gasteiger partial charge in [0.05, 0.1) is 12.2 Å². The van der Waals surface area contributed by atoms with Crippen LogP contribution >= 0.6 is 0 Å². The van der Waals surface area contributed by atoms with E-state index in [1.807, 2.05) is 18.2 Å². The van der Waals surface area contributed by atoms with Crippen LogP contribution in [0, 0.1) is 16.7 Å². The zero-order chi connectivity index (χ0) is 14.1. The summed E-state index contributed by atoms with van der Waals surface area (Å²) in [6.07, 6.45) is 2.80. The van der Waals surface area contributed by atoms with Crippen molar-refractivity contribution in [1.82, 2.24) is 0 Å². The fourth-order valence-corrected chi connectivity index (χ4v) is 3.16. The first-order chi connectivity index (χ1) is 8.89. The van der Waals surface area contributed by atoms with Gasteiger partial charge < -0.3 is 5.11 Å². The Labute approximate surface area is 116 Å². The Kier molecular flexibility index (Phi) is 3.69. The second-order valence-electron chi connectivity index (χ2n) is 6.87. The molecule has 0 aliphatic heterocycles. The van der Waals surface area contributed by atoms with Gasteiger partial charge in [0, 0.05) is 0 Å². The third-order valence-corrected chi connectivity index (χ3v) is 4.09. The Morgan fingerprint density at radius 3 is 2.68 bits per heavy atom. The predicted octanol–water partition coefficient (Wildman–Crippen LogP) is 3.58. The monoisotopic (exact) mass is 257 g/mol. The van der Waals surface area contributed by atoms with E-state index >= 15 is 0 Å². The van der Waals surface area contributed by atoms with Crippen LogP contribution < -0.4 is 0 Å². The molecule has 0 amide bonds. The van der Waals surface area contributed by atoms with Gasteiger partial charge in [0.15, 0.2) is 0 Å². The maximum absolute atomic E-state index is 10.7. The van der Waals surface area contributed by atoms with Gasteiger partial charge in [-0.2, -0.15) is 5.26 Å². The third-order valence-electron chi connectivity index (χ3n) is 4.09. The van der Waals surface area contributed by atoms with Gasteiger partial charge in [0.2, 0.25) is 0 Å². The van der Waals surface area contributed by atoms with E-state index in [-0.39, 0.29) is 5.41 Å². The molecule has 1 aliphatic carbocycles. The second-order valence-corrected chi connectivity index (χ2v) is 6.87. The van der Waals surface area contributed by atoms with Crippen molar-refractivity contribution in [3.63, 3.8) is 0 Å². The average Bonchev–Trinajstić information content (AvgIpc) is 2.36. The van der Waals surface area contributed by atoms with Crippen LogP contribution in [0.3, 0.4) is 0 Å². The highest BCUT2D eigenvalue weighted by Crippen LogP contribution is 2.42. The molecule has 0 heterocycles. The van der Waals surface area contributed by atoms with E-state index in [0.29, 0.717) is 6.42 Å². The van der Waals surface area contributed by atoms with Gasteiger partial charge in [0.1, 0.15) is 5.41 Å². The maximum atomic E-state index is 10.7. The summed E-state index contributed by atoms with van der Waals surface area (Å²) >= 11 is 0.